The Bertz CT molecular complexity index is 1520. The van der Waals surface area contributed by atoms with Crippen molar-refractivity contribution in [2.45, 2.75) is 38.3 Å². The minimum atomic E-state index is -2.67. The quantitative estimate of drug-likeness (QED) is 0.273. The number of fused-ring (bicyclic) bond motifs is 1. The number of halogens is 2. The van der Waals surface area contributed by atoms with Crippen LogP contribution < -0.4 is 10.6 Å². The molecule has 4 heterocycles. The van der Waals surface area contributed by atoms with E-state index in [1.807, 2.05) is 19.1 Å². The first-order chi connectivity index (χ1) is 19.8. The SMILES string of the molecule is C[C@H](Nc1ncc(C#N)c(-c2cnc3c(C(F)F)cccn23)n1)c1cccc(NC2CCN(CCN(C)C)CC2)c1. The molecule has 1 saturated heterocycles. The first-order valence-corrected chi connectivity index (χ1v) is 13.8. The number of hydrogen-bond donors (Lipinski definition) is 2. The van der Waals surface area contributed by atoms with Crippen molar-refractivity contribution in [2.24, 2.45) is 0 Å². The van der Waals surface area contributed by atoms with Crippen LogP contribution in [0, 0.1) is 11.3 Å². The zero-order valence-corrected chi connectivity index (χ0v) is 23.6. The number of hydrogen-bond acceptors (Lipinski definition) is 8. The number of imidazole rings is 1. The molecule has 0 bridgehead atoms. The number of nitrogens with one attached hydrogen (secondary N) is 2. The van der Waals surface area contributed by atoms with Crippen LogP contribution in [-0.4, -0.2) is 75.5 Å². The number of likely N-dealkylation sites (N-methyl/N-ethyl adjacent to an activating group) is 1. The highest BCUT2D eigenvalue weighted by Crippen LogP contribution is 2.29. The van der Waals surface area contributed by atoms with E-state index >= 15 is 0 Å². The lowest BCUT2D eigenvalue weighted by Gasteiger charge is -2.33. The summed E-state index contributed by atoms with van der Waals surface area (Å²) in [6.07, 6.45) is 4.08. The van der Waals surface area contributed by atoms with Crippen molar-refractivity contribution >= 4 is 17.3 Å². The minimum Gasteiger partial charge on any atom is -0.382 e. The first kappa shape index (κ1) is 28.4. The molecule has 0 amide bonds. The van der Waals surface area contributed by atoms with Crippen molar-refractivity contribution in [3.8, 4) is 17.5 Å². The summed E-state index contributed by atoms with van der Waals surface area (Å²) in [6, 6.07) is 13.6. The van der Waals surface area contributed by atoms with Gasteiger partial charge in [0, 0.05) is 44.1 Å². The molecule has 1 fully saturated rings. The maximum Gasteiger partial charge on any atom is 0.267 e. The number of alkyl halides is 2. The molecule has 0 saturated carbocycles. The fourth-order valence-corrected chi connectivity index (χ4v) is 5.16. The Kier molecular flexibility index (Phi) is 8.71. The number of anilines is 2. The van der Waals surface area contributed by atoms with E-state index in [1.165, 1.54) is 28.9 Å². The summed E-state index contributed by atoms with van der Waals surface area (Å²) in [5.74, 6) is 0.329. The van der Waals surface area contributed by atoms with Gasteiger partial charge in [0.05, 0.1) is 35.3 Å². The van der Waals surface area contributed by atoms with Gasteiger partial charge < -0.3 is 20.4 Å². The summed E-state index contributed by atoms with van der Waals surface area (Å²) in [6.45, 7) is 6.39. The number of likely N-dealkylation sites (tertiary alicyclic amines) is 1. The Balaban J connectivity index is 1.29. The Morgan fingerprint density at radius 2 is 1.93 bits per heavy atom. The van der Waals surface area contributed by atoms with Crippen LogP contribution in [-0.2, 0) is 0 Å². The summed E-state index contributed by atoms with van der Waals surface area (Å²) < 4.78 is 28.5. The molecule has 5 rings (SSSR count). The maximum absolute atomic E-state index is 13.5. The van der Waals surface area contributed by atoms with Gasteiger partial charge in [-0.3, -0.25) is 4.40 Å². The summed E-state index contributed by atoms with van der Waals surface area (Å²) >= 11 is 0. The van der Waals surface area contributed by atoms with Crippen LogP contribution in [0.4, 0.5) is 20.4 Å². The molecule has 0 spiro atoms. The van der Waals surface area contributed by atoms with Crippen LogP contribution in [0.15, 0.2) is 55.0 Å². The van der Waals surface area contributed by atoms with E-state index in [4.69, 9.17) is 0 Å². The Morgan fingerprint density at radius 1 is 1.12 bits per heavy atom. The molecule has 3 aromatic heterocycles. The topological polar surface area (TPSA) is 97.4 Å². The molecule has 0 unspecified atom stereocenters. The molecular formula is C30H35F2N9. The third-order valence-corrected chi connectivity index (χ3v) is 7.51. The van der Waals surface area contributed by atoms with Crippen LogP contribution in [0.5, 0.6) is 0 Å². The monoisotopic (exact) mass is 559 g/mol. The van der Waals surface area contributed by atoms with Gasteiger partial charge >= 0.3 is 0 Å². The van der Waals surface area contributed by atoms with Gasteiger partial charge in [-0.15, -0.1) is 0 Å². The number of nitrogens with zero attached hydrogens (tertiary/aromatic N) is 7. The standard InChI is InChI=1S/C30H35F2N9/c1-20(21-6-4-7-24(16-21)37-23-9-12-40(13-10-23)15-14-39(2)3)36-30-35-18-22(17-33)27(38-30)26-19-34-29-25(28(31)32)8-5-11-41(26)29/h4-8,11,16,18-20,23,28,37H,9-10,12-15H2,1-3H3,(H,35,36,38)/t20-/m0/s1. The number of benzene rings is 1. The zero-order chi connectivity index (χ0) is 28.9. The van der Waals surface area contributed by atoms with E-state index in [0.29, 0.717) is 23.4 Å². The molecule has 0 aliphatic carbocycles. The van der Waals surface area contributed by atoms with Crippen molar-refractivity contribution in [3.63, 3.8) is 0 Å². The second-order valence-corrected chi connectivity index (χ2v) is 10.7. The van der Waals surface area contributed by atoms with E-state index in [1.54, 1.807) is 6.20 Å². The Morgan fingerprint density at radius 3 is 2.66 bits per heavy atom. The Hall–Kier alpha value is -4.14. The van der Waals surface area contributed by atoms with E-state index in [9.17, 15) is 14.0 Å². The lowest BCUT2D eigenvalue weighted by molar-refractivity contribution is 0.152. The molecule has 9 nitrogen and oxygen atoms in total. The second-order valence-electron chi connectivity index (χ2n) is 10.7. The molecule has 11 heteroatoms. The maximum atomic E-state index is 13.5. The number of aromatic nitrogens is 4. The lowest BCUT2D eigenvalue weighted by Crippen LogP contribution is -2.41. The molecule has 1 aliphatic rings. The molecule has 1 aliphatic heterocycles. The number of nitriles is 1. The average Bonchev–Trinajstić information content (AvgIpc) is 3.41. The van der Waals surface area contributed by atoms with Gasteiger partial charge in [-0.1, -0.05) is 12.1 Å². The predicted octanol–water partition coefficient (Wildman–Crippen LogP) is 5.21. The molecule has 2 N–H and O–H groups in total. The molecule has 214 valence electrons. The fourth-order valence-electron chi connectivity index (χ4n) is 5.16. The summed E-state index contributed by atoms with van der Waals surface area (Å²) in [7, 11) is 4.22. The summed E-state index contributed by atoms with van der Waals surface area (Å²) in [4.78, 5) is 17.9. The normalized spacial score (nSPS) is 15.4. The zero-order valence-electron chi connectivity index (χ0n) is 23.6. The Labute approximate surface area is 238 Å². The number of rotatable bonds is 10. The van der Waals surface area contributed by atoms with E-state index in [2.05, 4.69) is 67.7 Å². The third-order valence-electron chi connectivity index (χ3n) is 7.51. The van der Waals surface area contributed by atoms with E-state index in [-0.39, 0.29) is 22.8 Å². The van der Waals surface area contributed by atoms with Crippen LogP contribution >= 0.6 is 0 Å². The second kappa shape index (κ2) is 12.6. The number of pyridine rings is 1. The van der Waals surface area contributed by atoms with E-state index in [0.717, 1.165) is 50.3 Å². The highest BCUT2D eigenvalue weighted by atomic mass is 19.3. The van der Waals surface area contributed by atoms with Gasteiger partial charge in [0.2, 0.25) is 5.95 Å². The minimum absolute atomic E-state index is 0.127. The largest absolute Gasteiger partial charge is 0.382 e. The van der Waals surface area contributed by atoms with Gasteiger partial charge in [-0.25, -0.2) is 23.7 Å². The van der Waals surface area contributed by atoms with Crippen molar-refractivity contribution in [1.82, 2.24) is 29.2 Å². The van der Waals surface area contributed by atoms with Crippen molar-refractivity contribution < 1.29 is 8.78 Å². The number of piperidine rings is 1. The molecule has 41 heavy (non-hydrogen) atoms. The van der Waals surface area contributed by atoms with Crippen LogP contribution in [0.3, 0.4) is 0 Å². The van der Waals surface area contributed by atoms with Crippen molar-refractivity contribution in [1.29, 1.82) is 5.26 Å². The molecule has 1 aromatic carbocycles. The molecular weight excluding hydrogens is 524 g/mol. The molecule has 4 aromatic rings. The van der Waals surface area contributed by atoms with Gasteiger partial charge in [0.15, 0.2) is 0 Å². The summed E-state index contributed by atoms with van der Waals surface area (Å²) in [5, 5.41) is 16.7. The highest BCUT2D eigenvalue weighted by Gasteiger charge is 2.21. The van der Waals surface area contributed by atoms with Gasteiger partial charge in [-0.2, -0.15) is 5.26 Å². The van der Waals surface area contributed by atoms with E-state index < -0.39 is 6.43 Å². The van der Waals surface area contributed by atoms with Gasteiger partial charge in [-0.05, 0) is 63.7 Å². The highest BCUT2D eigenvalue weighted by molar-refractivity contribution is 5.68. The smallest absolute Gasteiger partial charge is 0.267 e. The van der Waals surface area contributed by atoms with Crippen LogP contribution in [0.25, 0.3) is 17.0 Å². The van der Waals surface area contributed by atoms with Gasteiger partial charge in [0.25, 0.3) is 6.43 Å². The van der Waals surface area contributed by atoms with Crippen molar-refractivity contribution in [3.05, 3.63) is 71.7 Å². The molecule has 0 radical (unpaired) electrons. The van der Waals surface area contributed by atoms with Crippen molar-refractivity contribution in [2.75, 3.05) is 50.9 Å². The van der Waals surface area contributed by atoms with Gasteiger partial charge in [0.1, 0.15) is 17.4 Å². The first-order valence-electron chi connectivity index (χ1n) is 13.8. The third kappa shape index (κ3) is 6.61. The predicted molar refractivity (Wildman–Crippen MR) is 156 cm³/mol. The lowest BCUT2D eigenvalue weighted by atomic mass is 10.0. The average molecular weight is 560 g/mol. The summed E-state index contributed by atoms with van der Waals surface area (Å²) in [5.41, 5.74) is 3.08. The molecule has 1 atom stereocenters. The van der Waals surface area contributed by atoms with Crippen LogP contribution in [0.1, 0.15) is 48.9 Å². The van der Waals surface area contributed by atoms with Crippen LogP contribution in [0.2, 0.25) is 0 Å². The fraction of sp³-hybridized carbons (Fsp3) is 0.400.